The molecule has 0 radical (unpaired) electrons. The van der Waals surface area contributed by atoms with E-state index < -0.39 is 0 Å². The first kappa shape index (κ1) is 14.5. The minimum Gasteiger partial charge on any atom is -0.351 e. The number of halogens is 2. The number of alkyl halides is 1. The topological polar surface area (TPSA) is 29.1 Å². The Labute approximate surface area is 124 Å². The van der Waals surface area contributed by atoms with Crippen molar-refractivity contribution in [3.05, 3.63) is 35.0 Å². The average molecular weight is 344 g/mol. The Bertz CT molecular complexity index is 570. The summed E-state index contributed by atoms with van der Waals surface area (Å²) in [5.41, 5.74) is 0. The number of benzene rings is 1. The minimum absolute atomic E-state index is 0.0690. The van der Waals surface area contributed by atoms with E-state index in [1.165, 1.54) is 23.5 Å². The zero-order valence-electron chi connectivity index (χ0n) is 10.4. The highest BCUT2D eigenvalue weighted by Gasteiger charge is 2.09. The fraction of sp³-hybridized carbons (Fsp3) is 0.357. The van der Waals surface area contributed by atoms with Crippen molar-refractivity contribution >= 4 is 43.3 Å². The molecule has 0 spiro atoms. The number of thiophene rings is 1. The summed E-state index contributed by atoms with van der Waals surface area (Å²) in [5.74, 6) is -0.337. The van der Waals surface area contributed by atoms with E-state index >= 15 is 0 Å². The first-order chi connectivity index (χ1) is 9.20. The molecule has 0 aliphatic heterocycles. The predicted octanol–water partition coefficient (Wildman–Crippen LogP) is 4.34. The maximum Gasteiger partial charge on any atom is 0.261 e. The molecule has 0 atom stereocenters. The number of fused-ring (bicyclic) bond motifs is 1. The van der Waals surface area contributed by atoms with Crippen LogP contribution < -0.4 is 5.32 Å². The minimum atomic E-state index is -0.268. The summed E-state index contributed by atoms with van der Waals surface area (Å²) < 4.78 is 13.9. The van der Waals surface area contributed by atoms with E-state index in [2.05, 4.69) is 21.2 Å². The number of rotatable bonds is 6. The van der Waals surface area contributed by atoms with E-state index in [-0.39, 0.29) is 11.7 Å². The fourth-order valence-electron chi connectivity index (χ4n) is 1.80. The van der Waals surface area contributed by atoms with Crippen molar-refractivity contribution < 1.29 is 9.18 Å². The third-order valence-electron chi connectivity index (χ3n) is 2.80. The molecule has 2 aromatic rings. The van der Waals surface area contributed by atoms with Gasteiger partial charge in [-0.1, -0.05) is 28.4 Å². The summed E-state index contributed by atoms with van der Waals surface area (Å²) in [4.78, 5) is 12.6. The van der Waals surface area contributed by atoms with Gasteiger partial charge in [-0.2, -0.15) is 0 Å². The van der Waals surface area contributed by atoms with Crippen LogP contribution in [0.2, 0.25) is 0 Å². The molecule has 0 aliphatic carbocycles. The fourth-order valence-corrected chi connectivity index (χ4v) is 3.20. The lowest BCUT2D eigenvalue weighted by Gasteiger charge is -2.02. The van der Waals surface area contributed by atoms with Gasteiger partial charge in [0.1, 0.15) is 5.82 Å². The number of amides is 1. The van der Waals surface area contributed by atoms with Crippen LogP contribution in [0.25, 0.3) is 10.1 Å². The first-order valence-electron chi connectivity index (χ1n) is 6.24. The third kappa shape index (κ3) is 4.01. The SMILES string of the molecule is O=C(NCCCCCBr)c1cc2ccc(F)cc2s1. The van der Waals surface area contributed by atoms with Gasteiger partial charge in [0.15, 0.2) is 0 Å². The van der Waals surface area contributed by atoms with Gasteiger partial charge in [-0.15, -0.1) is 11.3 Å². The van der Waals surface area contributed by atoms with Gasteiger partial charge in [-0.25, -0.2) is 4.39 Å². The van der Waals surface area contributed by atoms with Gasteiger partial charge in [0.05, 0.1) is 4.88 Å². The Balaban J connectivity index is 1.94. The Morgan fingerprint density at radius 3 is 2.89 bits per heavy atom. The second-order valence-electron chi connectivity index (χ2n) is 4.30. The largest absolute Gasteiger partial charge is 0.351 e. The van der Waals surface area contributed by atoms with Crippen LogP contribution >= 0.6 is 27.3 Å². The molecule has 1 aromatic carbocycles. The maximum atomic E-state index is 13.1. The predicted molar refractivity (Wildman–Crippen MR) is 81.8 cm³/mol. The molecule has 5 heteroatoms. The zero-order chi connectivity index (χ0) is 13.7. The molecule has 1 amide bonds. The van der Waals surface area contributed by atoms with Gasteiger partial charge < -0.3 is 5.32 Å². The number of nitrogens with one attached hydrogen (secondary N) is 1. The highest BCUT2D eigenvalue weighted by molar-refractivity contribution is 9.09. The molecule has 2 nitrogen and oxygen atoms in total. The van der Waals surface area contributed by atoms with Gasteiger partial charge in [-0.3, -0.25) is 4.79 Å². The summed E-state index contributed by atoms with van der Waals surface area (Å²) in [5, 5.41) is 4.81. The average Bonchev–Trinajstić information content (AvgIpc) is 2.81. The molecule has 0 saturated carbocycles. The van der Waals surface area contributed by atoms with Crippen molar-refractivity contribution in [2.24, 2.45) is 0 Å². The summed E-state index contributed by atoms with van der Waals surface area (Å²) >= 11 is 4.70. The quantitative estimate of drug-likeness (QED) is 0.613. The lowest BCUT2D eigenvalue weighted by Crippen LogP contribution is -2.23. The summed E-state index contributed by atoms with van der Waals surface area (Å²) in [7, 11) is 0. The van der Waals surface area contributed by atoms with Crippen LogP contribution in [-0.4, -0.2) is 17.8 Å². The molecule has 0 aliphatic rings. The lowest BCUT2D eigenvalue weighted by atomic mass is 10.2. The number of carbonyl (C=O) groups excluding carboxylic acids is 1. The van der Waals surface area contributed by atoms with E-state index in [1.54, 1.807) is 6.07 Å². The zero-order valence-corrected chi connectivity index (χ0v) is 12.8. The smallest absolute Gasteiger partial charge is 0.261 e. The van der Waals surface area contributed by atoms with E-state index in [1.807, 2.05) is 6.07 Å². The number of hydrogen-bond acceptors (Lipinski definition) is 2. The van der Waals surface area contributed by atoms with E-state index in [0.717, 1.165) is 34.7 Å². The Hall–Kier alpha value is -0.940. The van der Waals surface area contributed by atoms with Gasteiger partial charge in [0.25, 0.3) is 5.91 Å². The van der Waals surface area contributed by atoms with Gasteiger partial charge in [0, 0.05) is 16.6 Å². The van der Waals surface area contributed by atoms with Crippen LogP contribution in [0.4, 0.5) is 4.39 Å². The Morgan fingerprint density at radius 1 is 1.26 bits per heavy atom. The van der Waals surface area contributed by atoms with Crippen LogP contribution in [0, 0.1) is 5.82 Å². The van der Waals surface area contributed by atoms with Crippen molar-refractivity contribution in [3.8, 4) is 0 Å². The molecule has 2 rings (SSSR count). The molecule has 1 N–H and O–H groups in total. The van der Waals surface area contributed by atoms with Crippen molar-refractivity contribution in [1.29, 1.82) is 0 Å². The third-order valence-corrected chi connectivity index (χ3v) is 4.46. The van der Waals surface area contributed by atoms with Crippen molar-refractivity contribution in [2.45, 2.75) is 19.3 Å². The Morgan fingerprint density at radius 2 is 2.11 bits per heavy atom. The van der Waals surface area contributed by atoms with Gasteiger partial charge in [0.2, 0.25) is 0 Å². The van der Waals surface area contributed by atoms with Crippen LogP contribution in [0.1, 0.15) is 28.9 Å². The van der Waals surface area contributed by atoms with Crippen molar-refractivity contribution in [2.75, 3.05) is 11.9 Å². The van der Waals surface area contributed by atoms with Crippen molar-refractivity contribution in [3.63, 3.8) is 0 Å². The van der Waals surface area contributed by atoms with Gasteiger partial charge in [-0.05, 0) is 36.4 Å². The molecular formula is C14H15BrFNOS. The molecule has 0 saturated heterocycles. The molecule has 0 unspecified atom stereocenters. The van der Waals surface area contributed by atoms with Crippen LogP contribution in [0.3, 0.4) is 0 Å². The van der Waals surface area contributed by atoms with Crippen LogP contribution in [0.5, 0.6) is 0 Å². The standard InChI is InChI=1S/C14H15BrFNOS/c15-6-2-1-3-7-17-14(18)13-8-10-4-5-11(16)9-12(10)19-13/h4-5,8-9H,1-3,6-7H2,(H,17,18). The molecule has 1 heterocycles. The molecule has 0 bridgehead atoms. The summed E-state index contributed by atoms with van der Waals surface area (Å²) in [6.45, 7) is 0.689. The second-order valence-corrected chi connectivity index (χ2v) is 6.18. The van der Waals surface area contributed by atoms with Crippen LogP contribution in [0.15, 0.2) is 24.3 Å². The van der Waals surface area contributed by atoms with E-state index in [0.29, 0.717) is 11.4 Å². The number of carbonyl (C=O) groups is 1. The molecular weight excluding hydrogens is 329 g/mol. The second kappa shape index (κ2) is 7.01. The number of hydrogen-bond donors (Lipinski definition) is 1. The van der Waals surface area contributed by atoms with Crippen LogP contribution in [-0.2, 0) is 0 Å². The maximum absolute atomic E-state index is 13.1. The van der Waals surface area contributed by atoms with E-state index in [4.69, 9.17) is 0 Å². The molecule has 102 valence electrons. The molecule has 1 aromatic heterocycles. The Kier molecular flexibility index (Phi) is 5.34. The summed E-state index contributed by atoms with van der Waals surface area (Å²) in [6, 6.07) is 6.39. The van der Waals surface area contributed by atoms with E-state index in [9.17, 15) is 9.18 Å². The highest BCUT2D eigenvalue weighted by Crippen LogP contribution is 2.26. The summed E-state index contributed by atoms with van der Waals surface area (Å²) in [6.07, 6.45) is 3.21. The first-order valence-corrected chi connectivity index (χ1v) is 8.18. The normalized spacial score (nSPS) is 10.8. The molecule has 0 fully saturated rings. The van der Waals surface area contributed by atoms with Gasteiger partial charge >= 0.3 is 0 Å². The monoisotopic (exact) mass is 343 g/mol. The lowest BCUT2D eigenvalue weighted by molar-refractivity contribution is 0.0957. The van der Waals surface area contributed by atoms with Crippen molar-refractivity contribution in [1.82, 2.24) is 5.32 Å². The molecule has 19 heavy (non-hydrogen) atoms. The number of unbranched alkanes of at least 4 members (excludes halogenated alkanes) is 2. The highest BCUT2D eigenvalue weighted by atomic mass is 79.9.